The Kier molecular flexibility index (Phi) is 6.38. The molecule has 1 aliphatic carbocycles. The van der Waals surface area contributed by atoms with E-state index in [1.165, 1.54) is 18.6 Å². The molecule has 0 aliphatic heterocycles. The summed E-state index contributed by atoms with van der Waals surface area (Å²) in [6.45, 7) is 2.39. The standard InChI is InChI=1S/C17H24FN3O2/c1-12-4-2-3-5-15(12)21-16(22)11-20-17(23)19-10-13-6-8-14(18)9-7-13/h6-9,12,15H,2-5,10-11H2,1H3,(H,21,22)(H2,19,20,23). The molecule has 0 saturated heterocycles. The highest BCUT2D eigenvalue weighted by Crippen LogP contribution is 2.23. The van der Waals surface area contributed by atoms with Crippen LogP contribution in [0.1, 0.15) is 38.2 Å². The van der Waals surface area contributed by atoms with E-state index >= 15 is 0 Å². The zero-order chi connectivity index (χ0) is 16.7. The van der Waals surface area contributed by atoms with Crippen molar-refractivity contribution in [3.63, 3.8) is 0 Å². The van der Waals surface area contributed by atoms with E-state index in [2.05, 4.69) is 22.9 Å². The van der Waals surface area contributed by atoms with Crippen molar-refractivity contribution >= 4 is 11.9 Å². The number of benzene rings is 1. The molecule has 1 aromatic rings. The Balaban J connectivity index is 1.65. The molecule has 3 amide bonds. The van der Waals surface area contributed by atoms with Gasteiger partial charge < -0.3 is 16.0 Å². The summed E-state index contributed by atoms with van der Waals surface area (Å²) in [6.07, 6.45) is 4.50. The van der Waals surface area contributed by atoms with E-state index in [1.807, 2.05) is 0 Å². The van der Waals surface area contributed by atoms with E-state index in [1.54, 1.807) is 12.1 Å². The van der Waals surface area contributed by atoms with Gasteiger partial charge >= 0.3 is 6.03 Å². The van der Waals surface area contributed by atoms with Crippen molar-refractivity contribution in [1.82, 2.24) is 16.0 Å². The van der Waals surface area contributed by atoms with Gasteiger partial charge in [-0.25, -0.2) is 9.18 Å². The van der Waals surface area contributed by atoms with Crippen LogP contribution in [0.15, 0.2) is 24.3 Å². The molecule has 2 atom stereocenters. The molecular weight excluding hydrogens is 297 g/mol. The molecule has 0 aromatic heterocycles. The Hall–Kier alpha value is -2.11. The number of nitrogens with one attached hydrogen (secondary N) is 3. The third-order valence-corrected chi connectivity index (χ3v) is 4.23. The number of urea groups is 1. The number of halogens is 1. The van der Waals surface area contributed by atoms with Gasteiger partial charge in [0.1, 0.15) is 5.82 Å². The van der Waals surface area contributed by atoms with Gasteiger partial charge in [-0.2, -0.15) is 0 Å². The second-order valence-corrected chi connectivity index (χ2v) is 6.10. The Morgan fingerprint density at radius 3 is 2.52 bits per heavy atom. The highest BCUT2D eigenvalue weighted by atomic mass is 19.1. The van der Waals surface area contributed by atoms with Crippen LogP contribution in [0.4, 0.5) is 9.18 Å². The summed E-state index contributed by atoms with van der Waals surface area (Å²) in [6, 6.07) is 5.68. The first kappa shape index (κ1) is 17.2. The average molecular weight is 321 g/mol. The lowest BCUT2D eigenvalue weighted by molar-refractivity contribution is -0.121. The third kappa shape index (κ3) is 5.88. The number of carbonyl (C=O) groups is 2. The van der Waals surface area contributed by atoms with Gasteiger partial charge in [0.05, 0.1) is 6.54 Å². The van der Waals surface area contributed by atoms with Crippen LogP contribution in [0.25, 0.3) is 0 Å². The van der Waals surface area contributed by atoms with Crippen LogP contribution in [0.3, 0.4) is 0 Å². The van der Waals surface area contributed by atoms with Gasteiger partial charge in [0.25, 0.3) is 0 Å². The molecule has 0 radical (unpaired) electrons. The van der Waals surface area contributed by atoms with Crippen molar-refractivity contribution in [2.75, 3.05) is 6.54 Å². The number of carbonyl (C=O) groups excluding carboxylic acids is 2. The summed E-state index contributed by atoms with van der Waals surface area (Å²) in [4.78, 5) is 23.5. The lowest BCUT2D eigenvalue weighted by Gasteiger charge is -2.29. The van der Waals surface area contributed by atoms with Crippen molar-refractivity contribution in [2.45, 2.75) is 45.2 Å². The smallest absolute Gasteiger partial charge is 0.315 e. The molecule has 1 aliphatic rings. The molecule has 1 fully saturated rings. The zero-order valence-corrected chi connectivity index (χ0v) is 13.4. The minimum Gasteiger partial charge on any atom is -0.352 e. The first-order valence-corrected chi connectivity index (χ1v) is 8.10. The van der Waals surface area contributed by atoms with Crippen LogP contribution in [0.5, 0.6) is 0 Å². The number of hydrogen-bond donors (Lipinski definition) is 3. The minimum atomic E-state index is -0.416. The van der Waals surface area contributed by atoms with E-state index in [-0.39, 0.29) is 30.9 Å². The maximum Gasteiger partial charge on any atom is 0.315 e. The summed E-state index contributed by atoms with van der Waals surface area (Å²) in [5.41, 5.74) is 0.794. The third-order valence-electron chi connectivity index (χ3n) is 4.23. The molecule has 0 spiro atoms. The molecule has 3 N–H and O–H groups in total. The Morgan fingerprint density at radius 2 is 1.83 bits per heavy atom. The van der Waals surface area contributed by atoms with Crippen LogP contribution in [-0.4, -0.2) is 24.5 Å². The summed E-state index contributed by atoms with van der Waals surface area (Å²) in [5, 5.41) is 8.15. The lowest BCUT2D eigenvalue weighted by atomic mass is 9.86. The van der Waals surface area contributed by atoms with Gasteiger partial charge in [-0.1, -0.05) is 31.9 Å². The fourth-order valence-corrected chi connectivity index (χ4v) is 2.80. The van der Waals surface area contributed by atoms with E-state index in [9.17, 15) is 14.0 Å². The van der Waals surface area contributed by atoms with E-state index in [4.69, 9.17) is 0 Å². The zero-order valence-electron chi connectivity index (χ0n) is 13.4. The summed E-state index contributed by atoms with van der Waals surface area (Å²) >= 11 is 0. The van der Waals surface area contributed by atoms with E-state index < -0.39 is 6.03 Å². The highest BCUT2D eigenvalue weighted by molar-refractivity contribution is 5.84. The molecule has 5 nitrogen and oxygen atoms in total. The lowest BCUT2D eigenvalue weighted by Crippen LogP contribution is -2.47. The quantitative estimate of drug-likeness (QED) is 0.779. The van der Waals surface area contributed by atoms with Crippen molar-refractivity contribution in [3.8, 4) is 0 Å². The van der Waals surface area contributed by atoms with Gasteiger partial charge in [-0.3, -0.25) is 4.79 Å². The van der Waals surface area contributed by atoms with Gasteiger partial charge in [-0.15, -0.1) is 0 Å². The number of hydrogen-bond acceptors (Lipinski definition) is 2. The summed E-state index contributed by atoms with van der Waals surface area (Å²) in [7, 11) is 0. The summed E-state index contributed by atoms with van der Waals surface area (Å²) < 4.78 is 12.8. The Labute approximate surface area is 136 Å². The molecule has 23 heavy (non-hydrogen) atoms. The van der Waals surface area contributed by atoms with Crippen molar-refractivity contribution in [1.29, 1.82) is 0 Å². The molecule has 6 heteroatoms. The molecule has 1 aromatic carbocycles. The van der Waals surface area contributed by atoms with Gasteiger partial charge in [0.2, 0.25) is 5.91 Å². The molecule has 0 bridgehead atoms. The van der Waals surface area contributed by atoms with Crippen molar-refractivity contribution < 1.29 is 14.0 Å². The number of amides is 3. The Morgan fingerprint density at radius 1 is 1.13 bits per heavy atom. The second-order valence-electron chi connectivity index (χ2n) is 6.10. The number of rotatable bonds is 5. The topological polar surface area (TPSA) is 70.2 Å². The van der Waals surface area contributed by atoms with Gasteiger partial charge in [0, 0.05) is 12.6 Å². The first-order valence-electron chi connectivity index (χ1n) is 8.10. The van der Waals surface area contributed by atoms with Crippen LogP contribution in [-0.2, 0) is 11.3 Å². The van der Waals surface area contributed by atoms with E-state index in [0.29, 0.717) is 5.92 Å². The SMILES string of the molecule is CC1CCCCC1NC(=O)CNC(=O)NCc1ccc(F)cc1. The Bertz CT molecular complexity index is 533. The highest BCUT2D eigenvalue weighted by Gasteiger charge is 2.22. The van der Waals surface area contributed by atoms with Crippen LogP contribution < -0.4 is 16.0 Å². The van der Waals surface area contributed by atoms with Gasteiger partial charge in [0.15, 0.2) is 0 Å². The van der Waals surface area contributed by atoms with E-state index in [0.717, 1.165) is 24.8 Å². The van der Waals surface area contributed by atoms with Crippen molar-refractivity contribution in [2.24, 2.45) is 5.92 Å². The second kappa shape index (κ2) is 8.50. The average Bonchev–Trinajstić information content (AvgIpc) is 2.54. The first-order chi connectivity index (χ1) is 11.0. The fourth-order valence-electron chi connectivity index (χ4n) is 2.80. The summed E-state index contributed by atoms with van der Waals surface area (Å²) in [5.74, 6) is 0.00694. The predicted octanol–water partition coefficient (Wildman–Crippen LogP) is 2.32. The monoisotopic (exact) mass is 321 g/mol. The molecule has 126 valence electrons. The van der Waals surface area contributed by atoms with Gasteiger partial charge in [-0.05, 0) is 36.5 Å². The van der Waals surface area contributed by atoms with Crippen LogP contribution in [0, 0.1) is 11.7 Å². The van der Waals surface area contributed by atoms with Crippen molar-refractivity contribution in [3.05, 3.63) is 35.6 Å². The maximum absolute atomic E-state index is 12.8. The largest absolute Gasteiger partial charge is 0.352 e. The normalized spacial score (nSPS) is 20.6. The molecule has 2 unspecified atom stereocenters. The fraction of sp³-hybridized carbons (Fsp3) is 0.529. The molecule has 2 rings (SSSR count). The molecular formula is C17H24FN3O2. The van der Waals surface area contributed by atoms with Crippen LogP contribution >= 0.6 is 0 Å². The molecule has 0 heterocycles. The molecule has 1 saturated carbocycles. The predicted molar refractivity (Wildman–Crippen MR) is 86.2 cm³/mol. The van der Waals surface area contributed by atoms with Crippen LogP contribution in [0.2, 0.25) is 0 Å². The minimum absolute atomic E-state index is 0.0432. The maximum atomic E-state index is 12.8.